The van der Waals surface area contributed by atoms with E-state index in [4.69, 9.17) is 0 Å². The van der Waals surface area contributed by atoms with Crippen molar-refractivity contribution in [3.63, 3.8) is 0 Å². The number of benzene rings is 1. The molecule has 0 bridgehead atoms. The predicted molar refractivity (Wildman–Crippen MR) is 71.4 cm³/mol. The molecule has 0 spiro atoms. The summed E-state index contributed by atoms with van der Waals surface area (Å²) in [6.45, 7) is 6.79. The summed E-state index contributed by atoms with van der Waals surface area (Å²) in [7, 11) is 1.97. The van der Waals surface area contributed by atoms with E-state index < -0.39 is 0 Å². The maximum Gasteiger partial charge on any atom is 0.123 e. The van der Waals surface area contributed by atoms with Gasteiger partial charge in [-0.3, -0.25) is 0 Å². The Labute approximate surface area is 104 Å². The Bertz CT molecular complexity index is 318. The quantitative estimate of drug-likeness (QED) is 0.783. The largest absolute Gasteiger partial charge is 0.313 e. The molecule has 96 valence electrons. The number of halogens is 1. The van der Waals surface area contributed by atoms with E-state index in [9.17, 15) is 4.39 Å². The van der Waals surface area contributed by atoms with Crippen LogP contribution in [0.2, 0.25) is 0 Å². The summed E-state index contributed by atoms with van der Waals surface area (Å²) >= 11 is 0. The zero-order valence-electron chi connectivity index (χ0n) is 11.3. The predicted octanol–water partition coefficient (Wildman–Crippen LogP) is 4.16. The monoisotopic (exact) mass is 237 g/mol. The van der Waals surface area contributed by atoms with Crippen LogP contribution in [-0.4, -0.2) is 7.05 Å². The lowest BCUT2D eigenvalue weighted by atomic mass is 9.90. The first-order valence-corrected chi connectivity index (χ1v) is 6.45. The summed E-state index contributed by atoms with van der Waals surface area (Å²) in [6.07, 6.45) is 2.33. The average molecular weight is 237 g/mol. The minimum Gasteiger partial charge on any atom is -0.313 e. The first-order valence-electron chi connectivity index (χ1n) is 6.45. The standard InChI is InChI=1S/C15H24FN/c1-11(2)9-12(3)10-15(17-4)13-5-7-14(16)8-6-13/h5-8,11-12,15,17H,9-10H2,1-4H3. The highest BCUT2D eigenvalue weighted by atomic mass is 19.1. The molecular weight excluding hydrogens is 213 g/mol. The fourth-order valence-corrected chi connectivity index (χ4v) is 2.42. The maximum atomic E-state index is 12.9. The fraction of sp³-hybridized carbons (Fsp3) is 0.600. The minimum atomic E-state index is -0.168. The number of rotatable bonds is 6. The Balaban J connectivity index is 2.62. The molecule has 0 saturated carbocycles. The van der Waals surface area contributed by atoms with Crippen molar-refractivity contribution in [2.24, 2.45) is 11.8 Å². The Kier molecular flexibility index (Phi) is 5.63. The van der Waals surface area contributed by atoms with Crippen molar-refractivity contribution in [2.75, 3.05) is 7.05 Å². The minimum absolute atomic E-state index is 0.168. The van der Waals surface area contributed by atoms with E-state index in [1.165, 1.54) is 24.1 Å². The summed E-state index contributed by atoms with van der Waals surface area (Å²) in [4.78, 5) is 0. The van der Waals surface area contributed by atoms with E-state index in [0.717, 1.165) is 12.3 Å². The number of hydrogen-bond donors (Lipinski definition) is 1. The SMILES string of the molecule is CNC(CC(C)CC(C)C)c1ccc(F)cc1. The molecule has 1 aromatic rings. The first-order chi connectivity index (χ1) is 8.02. The molecule has 0 aliphatic carbocycles. The van der Waals surface area contributed by atoms with E-state index in [-0.39, 0.29) is 5.82 Å². The van der Waals surface area contributed by atoms with Crippen molar-refractivity contribution < 1.29 is 4.39 Å². The highest BCUT2D eigenvalue weighted by Gasteiger charge is 2.14. The van der Waals surface area contributed by atoms with Crippen molar-refractivity contribution in [3.8, 4) is 0 Å². The Morgan fingerprint density at radius 3 is 2.12 bits per heavy atom. The normalized spacial score (nSPS) is 14.9. The molecule has 1 N–H and O–H groups in total. The summed E-state index contributed by atoms with van der Waals surface area (Å²) in [5.41, 5.74) is 1.17. The second-order valence-electron chi connectivity index (χ2n) is 5.36. The smallest absolute Gasteiger partial charge is 0.123 e. The highest BCUT2D eigenvalue weighted by molar-refractivity contribution is 5.19. The van der Waals surface area contributed by atoms with Crippen LogP contribution in [0.5, 0.6) is 0 Å². The number of hydrogen-bond acceptors (Lipinski definition) is 1. The van der Waals surface area contributed by atoms with Crippen LogP contribution in [-0.2, 0) is 0 Å². The topological polar surface area (TPSA) is 12.0 Å². The lowest BCUT2D eigenvalue weighted by Gasteiger charge is -2.22. The van der Waals surface area contributed by atoms with Crippen molar-refractivity contribution in [3.05, 3.63) is 35.6 Å². The zero-order chi connectivity index (χ0) is 12.8. The highest BCUT2D eigenvalue weighted by Crippen LogP contribution is 2.25. The van der Waals surface area contributed by atoms with Gasteiger partial charge in [0.05, 0.1) is 0 Å². The summed E-state index contributed by atoms with van der Waals surface area (Å²) in [6, 6.07) is 7.14. The Morgan fingerprint density at radius 1 is 1.06 bits per heavy atom. The third kappa shape index (κ3) is 4.86. The molecule has 0 amide bonds. The van der Waals surface area contributed by atoms with E-state index in [0.29, 0.717) is 12.0 Å². The summed E-state index contributed by atoms with van der Waals surface area (Å²) in [5, 5.41) is 3.32. The van der Waals surface area contributed by atoms with Gasteiger partial charge in [-0.05, 0) is 49.4 Å². The molecule has 0 radical (unpaired) electrons. The van der Waals surface area contributed by atoms with Gasteiger partial charge in [0.25, 0.3) is 0 Å². The second kappa shape index (κ2) is 6.75. The molecule has 0 fully saturated rings. The average Bonchev–Trinajstić information content (AvgIpc) is 2.26. The molecule has 1 rings (SSSR count). The molecule has 2 unspecified atom stereocenters. The van der Waals surface area contributed by atoms with Crippen molar-refractivity contribution in [1.82, 2.24) is 5.32 Å². The third-order valence-electron chi connectivity index (χ3n) is 3.13. The van der Waals surface area contributed by atoms with Gasteiger partial charge in [0.1, 0.15) is 5.82 Å². The van der Waals surface area contributed by atoms with Gasteiger partial charge in [0, 0.05) is 6.04 Å². The molecule has 0 saturated heterocycles. The Hall–Kier alpha value is -0.890. The molecule has 2 atom stereocenters. The van der Waals surface area contributed by atoms with Crippen molar-refractivity contribution >= 4 is 0 Å². The van der Waals surface area contributed by atoms with E-state index >= 15 is 0 Å². The molecule has 17 heavy (non-hydrogen) atoms. The van der Waals surface area contributed by atoms with Gasteiger partial charge in [-0.2, -0.15) is 0 Å². The zero-order valence-corrected chi connectivity index (χ0v) is 11.3. The lowest BCUT2D eigenvalue weighted by molar-refractivity contribution is 0.366. The van der Waals surface area contributed by atoms with E-state index in [1.807, 2.05) is 19.2 Å². The molecule has 1 aromatic carbocycles. The lowest BCUT2D eigenvalue weighted by Crippen LogP contribution is -2.19. The summed E-state index contributed by atoms with van der Waals surface area (Å²) in [5.74, 6) is 1.24. The van der Waals surface area contributed by atoms with Crippen LogP contribution in [0.3, 0.4) is 0 Å². The molecule has 1 nitrogen and oxygen atoms in total. The number of nitrogens with one attached hydrogen (secondary N) is 1. The molecule has 0 aromatic heterocycles. The van der Waals surface area contributed by atoms with Crippen LogP contribution < -0.4 is 5.32 Å². The summed E-state index contributed by atoms with van der Waals surface area (Å²) < 4.78 is 12.9. The van der Waals surface area contributed by atoms with Crippen LogP contribution in [0.1, 0.15) is 45.2 Å². The van der Waals surface area contributed by atoms with Gasteiger partial charge in [-0.1, -0.05) is 32.9 Å². The van der Waals surface area contributed by atoms with Crippen molar-refractivity contribution in [1.29, 1.82) is 0 Å². The fourth-order valence-electron chi connectivity index (χ4n) is 2.42. The van der Waals surface area contributed by atoms with Crippen LogP contribution in [0.4, 0.5) is 4.39 Å². The van der Waals surface area contributed by atoms with Crippen LogP contribution in [0.25, 0.3) is 0 Å². The van der Waals surface area contributed by atoms with E-state index in [1.54, 1.807) is 0 Å². The van der Waals surface area contributed by atoms with Crippen molar-refractivity contribution in [2.45, 2.75) is 39.7 Å². The Morgan fingerprint density at radius 2 is 1.65 bits per heavy atom. The molecule has 2 heteroatoms. The van der Waals surface area contributed by atoms with E-state index in [2.05, 4.69) is 26.1 Å². The van der Waals surface area contributed by atoms with Gasteiger partial charge in [-0.15, -0.1) is 0 Å². The van der Waals surface area contributed by atoms with Crippen LogP contribution in [0.15, 0.2) is 24.3 Å². The maximum absolute atomic E-state index is 12.9. The molecule has 0 aliphatic heterocycles. The first kappa shape index (κ1) is 14.2. The molecule has 0 aliphatic rings. The second-order valence-corrected chi connectivity index (χ2v) is 5.36. The van der Waals surface area contributed by atoms with Gasteiger partial charge in [0.15, 0.2) is 0 Å². The molecule has 0 heterocycles. The molecular formula is C15H24FN. The van der Waals surface area contributed by atoms with Gasteiger partial charge in [-0.25, -0.2) is 4.39 Å². The van der Waals surface area contributed by atoms with Gasteiger partial charge >= 0.3 is 0 Å². The third-order valence-corrected chi connectivity index (χ3v) is 3.13. The van der Waals surface area contributed by atoms with Crippen LogP contribution >= 0.6 is 0 Å². The van der Waals surface area contributed by atoms with Gasteiger partial charge < -0.3 is 5.32 Å². The van der Waals surface area contributed by atoms with Gasteiger partial charge in [0.2, 0.25) is 0 Å². The van der Waals surface area contributed by atoms with Crippen LogP contribution in [0, 0.1) is 17.7 Å².